The van der Waals surface area contributed by atoms with E-state index < -0.39 is 23.4 Å². The lowest BCUT2D eigenvalue weighted by atomic mass is 9.99. The Morgan fingerprint density at radius 3 is 2.60 bits per heavy atom. The Kier molecular flexibility index (Phi) is 8.37. The molecule has 0 aliphatic carbocycles. The first-order valence-electron chi connectivity index (χ1n) is 10.8. The van der Waals surface area contributed by atoms with Crippen molar-refractivity contribution >= 4 is 17.5 Å². The van der Waals surface area contributed by atoms with E-state index in [2.05, 4.69) is 10.6 Å². The summed E-state index contributed by atoms with van der Waals surface area (Å²) in [5.74, 6) is -2.84. The first kappa shape index (κ1) is 25.6. The summed E-state index contributed by atoms with van der Waals surface area (Å²) in [5.41, 5.74) is 11.0. The highest BCUT2D eigenvalue weighted by molar-refractivity contribution is 6.26. The average molecular weight is 488 g/mol. The van der Waals surface area contributed by atoms with Gasteiger partial charge in [-0.1, -0.05) is 12.1 Å². The molecule has 0 aromatic heterocycles. The number of hydrogen-bond donors (Lipinski definition) is 5. The van der Waals surface area contributed by atoms with Gasteiger partial charge in [0, 0.05) is 24.3 Å². The fraction of sp³-hybridized carbons (Fsp3) is 0.292. The molecule has 2 aromatic carbocycles. The van der Waals surface area contributed by atoms with Crippen LogP contribution in [0.4, 0.5) is 8.78 Å². The van der Waals surface area contributed by atoms with Crippen LogP contribution in [0.5, 0.6) is 5.75 Å². The molecule has 35 heavy (non-hydrogen) atoms. The van der Waals surface area contributed by atoms with Crippen molar-refractivity contribution in [3.05, 3.63) is 76.1 Å². The zero-order chi connectivity index (χ0) is 25.5. The lowest BCUT2D eigenvalue weighted by Crippen LogP contribution is -2.41. The van der Waals surface area contributed by atoms with Gasteiger partial charge in [0.15, 0.2) is 0 Å². The van der Waals surface area contributed by atoms with Gasteiger partial charge in [-0.05, 0) is 37.1 Å². The summed E-state index contributed by atoms with van der Waals surface area (Å²) in [6.07, 6.45) is 1.60. The molecule has 3 rings (SSSR count). The molecule has 11 heteroatoms. The normalized spacial score (nSPS) is 16.1. The molecule has 1 heterocycles. The van der Waals surface area contributed by atoms with E-state index in [0.717, 1.165) is 31.0 Å². The molecule has 0 spiro atoms. The molecule has 2 amide bonds. The molecule has 186 valence electrons. The summed E-state index contributed by atoms with van der Waals surface area (Å²) in [7, 11) is 1.34. The van der Waals surface area contributed by atoms with Gasteiger partial charge in [-0.2, -0.15) is 0 Å². The van der Waals surface area contributed by atoms with Crippen LogP contribution in [0.15, 0.2) is 47.8 Å². The third kappa shape index (κ3) is 6.33. The van der Waals surface area contributed by atoms with Gasteiger partial charge in [-0.25, -0.2) is 8.78 Å². The largest absolute Gasteiger partial charge is 0.496 e. The fourth-order valence-corrected chi connectivity index (χ4v) is 3.66. The Bertz CT molecular complexity index is 1160. The Labute approximate surface area is 201 Å². The number of carbonyl (C=O) groups excluding carboxylic acids is 2. The van der Waals surface area contributed by atoms with E-state index in [9.17, 15) is 18.4 Å². The summed E-state index contributed by atoms with van der Waals surface area (Å²) in [6.45, 7) is 0.834. The highest BCUT2D eigenvalue weighted by Gasteiger charge is 2.22. The van der Waals surface area contributed by atoms with E-state index in [1.807, 2.05) is 0 Å². The number of primary amides is 1. The highest BCUT2D eigenvalue weighted by Crippen LogP contribution is 2.20. The minimum absolute atomic E-state index is 0.0334. The van der Waals surface area contributed by atoms with Crippen molar-refractivity contribution in [1.82, 2.24) is 10.6 Å². The van der Waals surface area contributed by atoms with Crippen LogP contribution in [0.3, 0.4) is 0 Å². The van der Waals surface area contributed by atoms with E-state index >= 15 is 0 Å². The number of ether oxygens (including phenoxy) is 2. The zero-order valence-electron chi connectivity index (χ0n) is 19.1. The number of hydrogen-bond acceptors (Lipinski definition) is 7. The van der Waals surface area contributed by atoms with Crippen LogP contribution in [0.1, 0.15) is 34.3 Å². The van der Waals surface area contributed by atoms with Crippen LogP contribution in [-0.4, -0.2) is 43.9 Å². The van der Waals surface area contributed by atoms with Gasteiger partial charge in [0.2, 0.25) is 0 Å². The predicted octanol–water partition coefficient (Wildman–Crippen LogP) is 1.70. The van der Waals surface area contributed by atoms with E-state index in [-0.39, 0.29) is 52.1 Å². The molecular weight excluding hydrogens is 460 g/mol. The smallest absolute Gasteiger partial charge is 0.255 e. The van der Waals surface area contributed by atoms with Crippen molar-refractivity contribution in [2.24, 2.45) is 11.5 Å². The quantitative estimate of drug-likeness (QED) is 0.268. The van der Waals surface area contributed by atoms with Gasteiger partial charge < -0.3 is 31.6 Å². The Balaban J connectivity index is 1.74. The molecule has 1 aliphatic rings. The Hall–Kier alpha value is -3.99. The summed E-state index contributed by atoms with van der Waals surface area (Å²) in [4.78, 5) is 24.5. The van der Waals surface area contributed by atoms with Crippen LogP contribution < -0.4 is 26.8 Å². The van der Waals surface area contributed by atoms with Crippen LogP contribution >= 0.6 is 0 Å². The molecule has 7 N–H and O–H groups in total. The van der Waals surface area contributed by atoms with Crippen LogP contribution in [-0.2, 0) is 16.1 Å². The second-order valence-electron chi connectivity index (χ2n) is 7.92. The molecule has 1 atom stereocenters. The first-order valence-corrected chi connectivity index (χ1v) is 10.8. The number of benzene rings is 2. The number of amides is 2. The lowest BCUT2D eigenvalue weighted by molar-refractivity contribution is -0.114. The second-order valence-corrected chi connectivity index (χ2v) is 7.92. The van der Waals surface area contributed by atoms with Crippen LogP contribution in [0, 0.1) is 17.0 Å². The van der Waals surface area contributed by atoms with Crippen molar-refractivity contribution in [2.75, 3.05) is 20.3 Å². The molecule has 1 aliphatic heterocycles. The maximum absolute atomic E-state index is 14.8. The SMILES string of the molecule is COc1ccc(F)cc1C(=O)NCc1ccc(C(=N)/C(C(N)=O)=C(/N)NC2CCCOC2)cc1F. The number of halogens is 2. The summed E-state index contributed by atoms with van der Waals surface area (Å²) < 4.78 is 38.7. The summed E-state index contributed by atoms with van der Waals surface area (Å²) in [6, 6.07) is 7.18. The third-order valence-corrected chi connectivity index (χ3v) is 5.47. The van der Waals surface area contributed by atoms with Crippen molar-refractivity contribution in [3.63, 3.8) is 0 Å². The monoisotopic (exact) mass is 487 g/mol. The summed E-state index contributed by atoms with van der Waals surface area (Å²) >= 11 is 0. The number of nitrogens with one attached hydrogen (secondary N) is 3. The van der Waals surface area contributed by atoms with Crippen LogP contribution in [0.25, 0.3) is 0 Å². The molecule has 1 unspecified atom stereocenters. The van der Waals surface area contributed by atoms with Crippen molar-refractivity contribution in [2.45, 2.75) is 25.4 Å². The highest BCUT2D eigenvalue weighted by atomic mass is 19.1. The average Bonchev–Trinajstić information content (AvgIpc) is 2.83. The van der Waals surface area contributed by atoms with Crippen molar-refractivity contribution in [1.29, 1.82) is 5.41 Å². The molecule has 0 bridgehead atoms. The number of rotatable bonds is 9. The molecule has 1 saturated heterocycles. The molecule has 9 nitrogen and oxygen atoms in total. The number of nitrogens with two attached hydrogens (primary N) is 2. The van der Waals surface area contributed by atoms with E-state index in [4.69, 9.17) is 26.4 Å². The van der Waals surface area contributed by atoms with Gasteiger partial charge in [0.1, 0.15) is 28.8 Å². The maximum Gasteiger partial charge on any atom is 0.255 e. The van der Waals surface area contributed by atoms with Gasteiger partial charge in [0.25, 0.3) is 11.8 Å². The topological polar surface area (TPSA) is 153 Å². The predicted molar refractivity (Wildman–Crippen MR) is 125 cm³/mol. The van der Waals surface area contributed by atoms with E-state index in [1.165, 1.54) is 25.3 Å². The number of methoxy groups -OCH3 is 1. The van der Waals surface area contributed by atoms with E-state index in [1.54, 1.807) is 0 Å². The van der Waals surface area contributed by atoms with Gasteiger partial charge in [-0.3, -0.25) is 15.0 Å². The molecular formula is C24H27F2N5O4. The van der Waals surface area contributed by atoms with Crippen molar-refractivity contribution < 1.29 is 27.8 Å². The van der Waals surface area contributed by atoms with E-state index in [0.29, 0.717) is 13.2 Å². The minimum Gasteiger partial charge on any atom is -0.496 e. The molecule has 0 radical (unpaired) electrons. The zero-order valence-corrected chi connectivity index (χ0v) is 19.1. The van der Waals surface area contributed by atoms with Crippen LogP contribution in [0.2, 0.25) is 0 Å². The molecule has 1 fully saturated rings. The van der Waals surface area contributed by atoms with Gasteiger partial charge in [-0.15, -0.1) is 0 Å². The van der Waals surface area contributed by atoms with Gasteiger partial charge in [0.05, 0.1) is 31.0 Å². The van der Waals surface area contributed by atoms with Crippen molar-refractivity contribution in [3.8, 4) is 5.75 Å². The first-order chi connectivity index (χ1) is 16.7. The maximum atomic E-state index is 14.8. The Morgan fingerprint density at radius 1 is 1.20 bits per heavy atom. The second kappa shape index (κ2) is 11.4. The third-order valence-electron chi connectivity index (χ3n) is 5.47. The number of carbonyl (C=O) groups is 2. The molecule has 2 aromatic rings. The minimum atomic E-state index is -0.933. The molecule has 0 saturated carbocycles. The van der Waals surface area contributed by atoms with Gasteiger partial charge >= 0.3 is 0 Å². The Morgan fingerprint density at radius 2 is 1.97 bits per heavy atom. The summed E-state index contributed by atoms with van der Waals surface area (Å²) in [5, 5.41) is 13.8. The standard InChI is InChI=1S/C24H27F2N5O4/c1-34-19-7-6-15(25)10-17(19)24(33)30-11-14-5-4-13(9-18(14)26)21(27)20(23(29)32)22(28)31-16-3-2-8-35-12-16/h4-7,9-10,16,27,31H,2-3,8,11-12,28H2,1H3,(H2,29,32)(H,30,33)/b22-20+,27-21?. The fourth-order valence-electron chi connectivity index (χ4n) is 3.66. The lowest BCUT2D eigenvalue weighted by Gasteiger charge is -2.25.